The molecule has 0 aromatic heterocycles. The van der Waals surface area contributed by atoms with E-state index in [1.165, 1.54) is 26.5 Å². The summed E-state index contributed by atoms with van der Waals surface area (Å²) in [6.07, 6.45) is 0. The monoisotopic (exact) mass is 1520 g/mol. The van der Waals surface area contributed by atoms with E-state index in [-0.39, 0.29) is 42.6 Å². The van der Waals surface area contributed by atoms with Gasteiger partial charge in [-0.05, 0) is 174 Å². The average molecular weight is 1520 g/mol. The molecule has 114 heavy (non-hydrogen) atoms. The van der Waals surface area contributed by atoms with E-state index in [1.54, 1.807) is 50.4 Å². The minimum absolute atomic E-state index is 0.0198. The van der Waals surface area contributed by atoms with Gasteiger partial charge in [-0.25, -0.2) is 14.0 Å². The molecular weight excluding hydrogens is 1440 g/mol. The highest BCUT2D eigenvalue weighted by Crippen LogP contribution is 2.52. The standard InChI is InChI=1S/C27H20ClNO.C27H22FNO.C24H21NO3.C22H17NO3/c28-22-16-14-20(15-17-22)27(30)29-18-21-10-4-5-11-23(21)26(19-8-2-1-3-9-19)24-12-6-7-13-25(24)29;1-30-23-15-16-24-19(17-23)18-29-26-10-6-5-9-25(26)27(24,20-7-3-2-4-8-20)21-11-13-22(28)14-12-21;1-2-28-24(27)23(26)25-16-18-12-6-7-13-19(18)22(17-10-4-3-5-11-17)20-14-8-9-15-21(20)25;24-21(22(25)26)23-14-16-10-4-5-11-17(16)20(15-8-2-1-3-9-15)18-12-6-7-13-19(18)23/h1-17,26H,18H2;2-17,29H,18H2,1H3;3-15,22H,2,16H2,1H3;1-13,20H,14H2,(H,25,26). The number of aliphatic carboxylic acids is 1. The summed E-state index contributed by atoms with van der Waals surface area (Å²) in [6, 6.07) is 118. The number of carboxylic acids is 1. The fourth-order valence-electron chi connectivity index (χ4n) is 16.5. The minimum atomic E-state index is -1.45. The number of amides is 3. The highest BCUT2D eigenvalue weighted by Gasteiger charge is 2.44. The number of esters is 1. The van der Waals surface area contributed by atoms with Crippen molar-refractivity contribution < 1.29 is 42.9 Å². The van der Waals surface area contributed by atoms with Crippen LogP contribution < -0.4 is 24.8 Å². The van der Waals surface area contributed by atoms with Crippen LogP contribution in [0, 0.1) is 5.82 Å². The van der Waals surface area contributed by atoms with Crippen LogP contribution in [0.1, 0.15) is 130 Å². The van der Waals surface area contributed by atoms with Crippen LogP contribution in [0.25, 0.3) is 0 Å². The number of fused-ring (bicyclic) bond motifs is 8. The predicted octanol–water partition coefficient (Wildman–Crippen LogP) is 20.9. The van der Waals surface area contributed by atoms with Crippen molar-refractivity contribution in [3.8, 4) is 5.75 Å². The SMILES string of the molecule is CCOC(=O)C(=O)N1Cc2ccccc2C(c2ccccc2)c2ccccc21.COc1ccc2c(c1)CNc1ccccc1C2(c1ccccc1)c1ccc(F)cc1.O=C(O)C(=O)N1Cc2ccccc2C(c2ccccc2)c2ccccc21.O=C(c1ccc(Cl)cc1)N1Cc2ccccc2C(c2ccccc2)c2ccccc21. The second-order valence-electron chi connectivity index (χ2n) is 28.1. The first kappa shape index (κ1) is 75.7. The van der Waals surface area contributed by atoms with E-state index in [0.717, 1.165) is 101 Å². The minimum Gasteiger partial charge on any atom is -0.497 e. The van der Waals surface area contributed by atoms with Crippen molar-refractivity contribution in [1.29, 1.82) is 0 Å². The number of halogens is 2. The summed E-state index contributed by atoms with van der Waals surface area (Å²) in [5.74, 6) is -3.28. The van der Waals surface area contributed by atoms with Gasteiger partial charge in [0.25, 0.3) is 5.91 Å². The molecule has 4 aliphatic rings. The number of nitrogens with zero attached hydrogens (tertiary/aromatic N) is 3. The molecule has 0 bridgehead atoms. The number of carboxylic acid groups (broad SMARTS) is 1. The molecule has 0 aliphatic carbocycles. The Kier molecular flexibility index (Phi) is 22.7. The van der Waals surface area contributed by atoms with Gasteiger partial charge in [0.2, 0.25) is 0 Å². The fraction of sp³-hybridized carbons (Fsp3) is 0.110. The number of rotatable bonds is 8. The smallest absolute Gasteiger partial charge is 0.397 e. The second kappa shape index (κ2) is 34.3. The zero-order valence-electron chi connectivity index (χ0n) is 62.7. The van der Waals surface area contributed by atoms with Gasteiger partial charge in [-0.3, -0.25) is 24.2 Å². The third kappa shape index (κ3) is 15.3. The van der Waals surface area contributed by atoms with E-state index < -0.39 is 29.2 Å². The van der Waals surface area contributed by atoms with Crippen LogP contribution in [0.2, 0.25) is 5.02 Å². The first-order valence-corrected chi connectivity index (χ1v) is 38.3. The molecule has 4 atom stereocenters. The van der Waals surface area contributed by atoms with Crippen LogP contribution in [0.15, 0.2) is 358 Å². The Labute approximate surface area is 667 Å². The third-order valence-electron chi connectivity index (χ3n) is 21.6. The summed E-state index contributed by atoms with van der Waals surface area (Å²) in [4.78, 5) is 67.3. The van der Waals surface area contributed by atoms with Gasteiger partial charge in [-0.1, -0.05) is 297 Å². The normalized spacial score (nSPS) is 15.8. The lowest BCUT2D eigenvalue weighted by molar-refractivity contribution is -0.153. The first-order chi connectivity index (χ1) is 55.8. The van der Waals surface area contributed by atoms with Crippen molar-refractivity contribution >= 4 is 64.0 Å². The second-order valence-corrected chi connectivity index (χ2v) is 28.5. The quantitative estimate of drug-likeness (QED) is 0.112. The topological polar surface area (TPSA) is 146 Å². The zero-order chi connectivity index (χ0) is 78.7. The summed E-state index contributed by atoms with van der Waals surface area (Å²) in [6.45, 7) is 3.64. The number of benzene rings is 14. The van der Waals surface area contributed by atoms with Crippen LogP contribution in [0.3, 0.4) is 0 Å². The van der Waals surface area contributed by atoms with Crippen LogP contribution in [0.4, 0.5) is 27.1 Å². The molecule has 18 rings (SSSR count). The number of carbonyl (C=O) groups excluding carboxylic acids is 4. The van der Waals surface area contributed by atoms with Crippen molar-refractivity contribution in [3.63, 3.8) is 0 Å². The van der Waals surface area contributed by atoms with Crippen LogP contribution in [-0.2, 0) is 55.5 Å². The molecule has 562 valence electrons. The van der Waals surface area contributed by atoms with E-state index in [4.69, 9.17) is 21.1 Å². The first-order valence-electron chi connectivity index (χ1n) is 37.9. The van der Waals surface area contributed by atoms with Crippen molar-refractivity contribution in [2.75, 3.05) is 33.7 Å². The Hall–Kier alpha value is -13.8. The number of hydrogen-bond donors (Lipinski definition) is 2. The Morgan fingerprint density at radius 1 is 0.421 bits per heavy atom. The van der Waals surface area contributed by atoms with Gasteiger partial charge in [-0.2, -0.15) is 0 Å². The van der Waals surface area contributed by atoms with Crippen LogP contribution in [-0.4, -0.2) is 48.5 Å². The largest absolute Gasteiger partial charge is 0.497 e. The summed E-state index contributed by atoms with van der Waals surface area (Å²) in [5, 5.41) is 13.5. The number of nitrogens with one attached hydrogen (secondary N) is 1. The van der Waals surface area contributed by atoms with E-state index in [2.05, 4.69) is 145 Å². The Morgan fingerprint density at radius 3 is 1.28 bits per heavy atom. The molecule has 0 radical (unpaired) electrons. The molecule has 14 aromatic carbocycles. The third-order valence-corrected chi connectivity index (χ3v) is 21.8. The zero-order valence-corrected chi connectivity index (χ0v) is 63.5. The molecule has 0 saturated heterocycles. The lowest BCUT2D eigenvalue weighted by Crippen LogP contribution is -2.37. The summed E-state index contributed by atoms with van der Waals surface area (Å²) in [5.41, 5.74) is 22.2. The molecule has 4 heterocycles. The Balaban J connectivity index is 0.000000120. The van der Waals surface area contributed by atoms with Crippen molar-refractivity contribution in [2.45, 2.75) is 56.3 Å². The molecule has 0 spiro atoms. The molecular formula is C100H80ClFN4O8. The van der Waals surface area contributed by atoms with Crippen molar-refractivity contribution in [1.82, 2.24) is 0 Å². The number of ether oxygens (including phenoxy) is 2. The lowest BCUT2D eigenvalue weighted by Gasteiger charge is -2.37. The van der Waals surface area contributed by atoms with Crippen molar-refractivity contribution in [3.05, 3.63) is 469 Å². The van der Waals surface area contributed by atoms with E-state index in [9.17, 15) is 33.5 Å². The highest BCUT2D eigenvalue weighted by atomic mass is 35.5. The predicted molar refractivity (Wildman–Crippen MR) is 448 cm³/mol. The molecule has 4 unspecified atom stereocenters. The molecule has 14 heteroatoms. The van der Waals surface area contributed by atoms with Gasteiger partial charge in [0.15, 0.2) is 0 Å². The number of carbonyl (C=O) groups is 5. The number of anilines is 4. The molecule has 12 nitrogen and oxygen atoms in total. The van der Waals surface area contributed by atoms with Crippen molar-refractivity contribution in [2.24, 2.45) is 0 Å². The van der Waals surface area contributed by atoms with Gasteiger partial charge in [-0.15, -0.1) is 0 Å². The molecule has 2 N–H and O–H groups in total. The maximum Gasteiger partial charge on any atom is 0.397 e. The number of methoxy groups -OCH3 is 1. The van der Waals surface area contributed by atoms with E-state index >= 15 is 0 Å². The molecule has 3 amide bonds. The van der Waals surface area contributed by atoms with E-state index in [0.29, 0.717) is 35.9 Å². The lowest BCUT2D eigenvalue weighted by atomic mass is 9.64. The summed E-state index contributed by atoms with van der Waals surface area (Å²) >= 11 is 6.04. The fourth-order valence-corrected chi connectivity index (χ4v) is 16.6. The highest BCUT2D eigenvalue weighted by molar-refractivity contribution is 6.38. The Morgan fingerprint density at radius 2 is 0.816 bits per heavy atom. The van der Waals surface area contributed by atoms with Gasteiger partial charge in [0.05, 0.1) is 38.8 Å². The Bertz CT molecular complexity index is 5820. The average Bonchev–Trinajstić information content (AvgIpc) is 1.29. The van der Waals surface area contributed by atoms with Gasteiger partial charge in [0, 0.05) is 57.6 Å². The molecule has 0 fully saturated rings. The van der Waals surface area contributed by atoms with Crippen LogP contribution in [0.5, 0.6) is 5.75 Å². The molecule has 4 aliphatic heterocycles. The van der Waals surface area contributed by atoms with Gasteiger partial charge >= 0.3 is 23.8 Å². The maximum absolute atomic E-state index is 13.9. The van der Waals surface area contributed by atoms with Crippen LogP contribution >= 0.6 is 11.6 Å². The number of para-hydroxylation sites is 4. The summed E-state index contributed by atoms with van der Waals surface area (Å²) < 4.78 is 24.4. The van der Waals surface area contributed by atoms with E-state index in [1.807, 2.05) is 187 Å². The molecule has 0 saturated carbocycles. The summed E-state index contributed by atoms with van der Waals surface area (Å²) in [7, 11) is 1.69. The van der Waals surface area contributed by atoms with Gasteiger partial charge in [0.1, 0.15) is 11.6 Å². The maximum atomic E-state index is 13.9. The number of hydrogen-bond acceptors (Lipinski definition) is 8. The van der Waals surface area contributed by atoms with Gasteiger partial charge < -0.3 is 24.8 Å². The molecule has 14 aromatic rings.